The fourth-order valence-corrected chi connectivity index (χ4v) is 3.08. The quantitative estimate of drug-likeness (QED) is 0.892. The van der Waals surface area contributed by atoms with Crippen molar-refractivity contribution < 1.29 is 8.42 Å². The second-order valence-corrected chi connectivity index (χ2v) is 7.13. The zero-order chi connectivity index (χ0) is 13.9. The molecule has 0 atom stereocenters. The first-order chi connectivity index (χ1) is 8.94. The molecule has 0 amide bonds. The van der Waals surface area contributed by atoms with Crippen molar-refractivity contribution in [2.24, 2.45) is 0 Å². The fraction of sp³-hybridized carbons (Fsp3) is 0.571. The molecule has 1 aliphatic rings. The first-order valence-electron chi connectivity index (χ1n) is 6.79. The average Bonchev–Trinajstić information content (AvgIpc) is 2.33. The average molecular weight is 282 g/mol. The molecule has 0 saturated heterocycles. The van der Waals surface area contributed by atoms with Crippen molar-refractivity contribution in [1.29, 1.82) is 0 Å². The van der Waals surface area contributed by atoms with Crippen LogP contribution in [0.1, 0.15) is 37.7 Å². The fourth-order valence-electron chi connectivity index (χ4n) is 2.52. The molecule has 0 spiro atoms. The van der Waals surface area contributed by atoms with Crippen LogP contribution in [-0.4, -0.2) is 20.7 Å². The lowest BCUT2D eigenvalue weighted by molar-refractivity contribution is 0.462. The summed E-state index contributed by atoms with van der Waals surface area (Å²) in [7, 11) is -3.22. The Morgan fingerprint density at radius 3 is 2.47 bits per heavy atom. The third-order valence-electron chi connectivity index (χ3n) is 3.51. The Kier molecular flexibility index (Phi) is 4.34. The molecule has 0 bridgehead atoms. The van der Waals surface area contributed by atoms with Gasteiger partial charge in [-0.2, -0.15) is 0 Å². The molecule has 19 heavy (non-hydrogen) atoms. The number of hydrogen-bond acceptors (Lipinski definition) is 3. The van der Waals surface area contributed by atoms with Gasteiger partial charge in [-0.25, -0.2) is 8.42 Å². The molecule has 2 N–H and O–H groups in total. The van der Waals surface area contributed by atoms with Gasteiger partial charge in [-0.15, -0.1) is 0 Å². The van der Waals surface area contributed by atoms with Crippen LogP contribution < -0.4 is 10.0 Å². The van der Waals surface area contributed by atoms with Crippen LogP contribution >= 0.6 is 0 Å². The number of aryl methyl sites for hydroxylation is 1. The summed E-state index contributed by atoms with van der Waals surface area (Å²) in [6.45, 7) is 2.04. The maximum absolute atomic E-state index is 11.3. The molecule has 2 rings (SSSR count). The molecule has 0 heterocycles. The van der Waals surface area contributed by atoms with Gasteiger partial charge in [-0.05, 0) is 37.5 Å². The molecule has 5 heteroatoms. The van der Waals surface area contributed by atoms with Gasteiger partial charge in [-0.3, -0.25) is 4.72 Å². The lowest BCUT2D eigenvalue weighted by Gasteiger charge is -2.25. The van der Waals surface area contributed by atoms with E-state index in [1.807, 2.05) is 19.1 Å². The predicted molar refractivity (Wildman–Crippen MR) is 80.1 cm³/mol. The summed E-state index contributed by atoms with van der Waals surface area (Å²) in [6.07, 6.45) is 7.44. The first-order valence-corrected chi connectivity index (χ1v) is 8.68. The molecule has 1 aromatic rings. The minimum Gasteiger partial charge on any atom is -0.382 e. The smallest absolute Gasteiger partial charge is 0.229 e. The summed E-state index contributed by atoms with van der Waals surface area (Å²) in [5, 5.41) is 3.54. The monoisotopic (exact) mass is 282 g/mol. The van der Waals surface area contributed by atoms with E-state index in [1.165, 1.54) is 38.4 Å². The minimum absolute atomic E-state index is 0.515. The topological polar surface area (TPSA) is 58.2 Å². The summed E-state index contributed by atoms with van der Waals surface area (Å²) in [5.41, 5.74) is 2.79. The molecule has 1 fully saturated rings. The van der Waals surface area contributed by atoms with Crippen LogP contribution in [0, 0.1) is 6.92 Å². The molecule has 106 valence electrons. The Balaban J connectivity index is 2.12. The Labute approximate surface area is 115 Å². The van der Waals surface area contributed by atoms with Gasteiger partial charge >= 0.3 is 0 Å². The summed E-state index contributed by atoms with van der Waals surface area (Å²) in [5.74, 6) is 0. The number of rotatable bonds is 4. The van der Waals surface area contributed by atoms with Crippen molar-refractivity contribution in [2.75, 3.05) is 16.3 Å². The zero-order valence-electron chi connectivity index (χ0n) is 11.6. The minimum atomic E-state index is -3.22. The van der Waals surface area contributed by atoms with E-state index in [1.54, 1.807) is 6.07 Å². The van der Waals surface area contributed by atoms with Crippen LogP contribution in [0.15, 0.2) is 18.2 Å². The van der Waals surface area contributed by atoms with E-state index in [0.29, 0.717) is 11.7 Å². The highest BCUT2D eigenvalue weighted by atomic mass is 32.2. The molecular weight excluding hydrogens is 260 g/mol. The normalized spacial score (nSPS) is 17.2. The number of nitrogens with one attached hydrogen (secondary N) is 2. The lowest BCUT2D eigenvalue weighted by Crippen LogP contribution is -2.22. The van der Waals surface area contributed by atoms with E-state index in [2.05, 4.69) is 10.0 Å². The van der Waals surface area contributed by atoms with Gasteiger partial charge in [0.25, 0.3) is 0 Å². The third kappa shape index (κ3) is 4.42. The van der Waals surface area contributed by atoms with Crippen molar-refractivity contribution in [3.05, 3.63) is 23.8 Å². The molecule has 1 aromatic carbocycles. The van der Waals surface area contributed by atoms with Crippen molar-refractivity contribution in [3.8, 4) is 0 Å². The van der Waals surface area contributed by atoms with Crippen molar-refractivity contribution >= 4 is 21.4 Å². The highest BCUT2D eigenvalue weighted by molar-refractivity contribution is 7.92. The Bertz CT molecular complexity index is 534. The van der Waals surface area contributed by atoms with Crippen LogP contribution in [0.3, 0.4) is 0 Å². The van der Waals surface area contributed by atoms with E-state index in [-0.39, 0.29) is 0 Å². The molecule has 0 radical (unpaired) electrons. The van der Waals surface area contributed by atoms with E-state index in [4.69, 9.17) is 0 Å². The van der Waals surface area contributed by atoms with Gasteiger partial charge in [-0.1, -0.05) is 25.3 Å². The summed E-state index contributed by atoms with van der Waals surface area (Å²) >= 11 is 0. The Hall–Kier alpha value is -1.23. The van der Waals surface area contributed by atoms with Gasteiger partial charge in [0.15, 0.2) is 0 Å². The van der Waals surface area contributed by atoms with E-state index in [9.17, 15) is 8.42 Å². The van der Waals surface area contributed by atoms with Crippen LogP contribution in [0.4, 0.5) is 11.4 Å². The molecule has 0 aliphatic heterocycles. The molecule has 1 aliphatic carbocycles. The van der Waals surface area contributed by atoms with Crippen LogP contribution in [0.5, 0.6) is 0 Å². The first kappa shape index (κ1) is 14.2. The molecule has 1 saturated carbocycles. The van der Waals surface area contributed by atoms with Crippen LogP contribution in [0.2, 0.25) is 0 Å². The number of anilines is 2. The van der Waals surface area contributed by atoms with Gasteiger partial charge in [0, 0.05) is 11.7 Å². The third-order valence-corrected chi connectivity index (χ3v) is 4.11. The Morgan fingerprint density at radius 2 is 1.84 bits per heavy atom. The highest BCUT2D eigenvalue weighted by Crippen LogP contribution is 2.26. The maximum Gasteiger partial charge on any atom is 0.229 e. The second-order valence-electron chi connectivity index (χ2n) is 5.38. The summed E-state index contributed by atoms with van der Waals surface area (Å²) < 4.78 is 25.0. The number of sulfonamides is 1. The number of hydrogen-bond donors (Lipinski definition) is 2. The summed E-state index contributed by atoms with van der Waals surface area (Å²) in [6, 6.07) is 6.13. The van der Waals surface area contributed by atoms with E-state index in [0.717, 1.165) is 11.3 Å². The van der Waals surface area contributed by atoms with Crippen LogP contribution in [-0.2, 0) is 10.0 Å². The van der Waals surface area contributed by atoms with Crippen LogP contribution in [0.25, 0.3) is 0 Å². The van der Waals surface area contributed by atoms with Gasteiger partial charge < -0.3 is 5.32 Å². The SMILES string of the molecule is Cc1ccc(NS(C)(=O)=O)cc1NC1CCCCC1. The molecular formula is C14H22N2O2S. The standard InChI is InChI=1S/C14H22N2O2S/c1-11-8-9-13(16-19(2,17)18)10-14(11)15-12-6-4-3-5-7-12/h8-10,12,15-16H,3-7H2,1-2H3. The highest BCUT2D eigenvalue weighted by Gasteiger charge is 2.14. The lowest BCUT2D eigenvalue weighted by atomic mass is 9.95. The number of benzene rings is 1. The molecule has 4 nitrogen and oxygen atoms in total. The van der Waals surface area contributed by atoms with Gasteiger partial charge in [0.2, 0.25) is 10.0 Å². The maximum atomic E-state index is 11.3. The van der Waals surface area contributed by atoms with Crippen molar-refractivity contribution in [3.63, 3.8) is 0 Å². The zero-order valence-corrected chi connectivity index (χ0v) is 12.4. The van der Waals surface area contributed by atoms with Crippen molar-refractivity contribution in [1.82, 2.24) is 0 Å². The largest absolute Gasteiger partial charge is 0.382 e. The van der Waals surface area contributed by atoms with E-state index >= 15 is 0 Å². The van der Waals surface area contributed by atoms with Gasteiger partial charge in [0.1, 0.15) is 0 Å². The summed E-state index contributed by atoms with van der Waals surface area (Å²) in [4.78, 5) is 0. The van der Waals surface area contributed by atoms with E-state index < -0.39 is 10.0 Å². The predicted octanol–water partition coefficient (Wildman–Crippen LogP) is 3.11. The van der Waals surface area contributed by atoms with Crippen molar-refractivity contribution in [2.45, 2.75) is 45.1 Å². The second kappa shape index (κ2) is 5.82. The van der Waals surface area contributed by atoms with Gasteiger partial charge in [0.05, 0.1) is 11.9 Å². The molecule has 0 unspecified atom stereocenters. The molecule has 0 aromatic heterocycles. The Morgan fingerprint density at radius 1 is 1.16 bits per heavy atom.